The van der Waals surface area contributed by atoms with Gasteiger partial charge >= 0.3 is 0 Å². The first-order chi connectivity index (χ1) is 7.29. The minimum atomic E-state index is -0.296. The van der Waals surface area contributed by atoms with E-state index < -0.39 is 0 Å². The number of nitrogens with one attached hydrogen (secondary N) is 1. The van der Waals surface area contributed by atoms with Gasteiger partial charge in [-0.2, -0.15) is 5.10 Å². The molecule has 0 aliphatic heterocycles. The summed E-state index contributed by atoms with van der Waals surface area (Å²) in [6.07, 6.45) is 0. The Kier molecular flexibility index (Phi) is 2.42. The summed E-state index contributed by atoms with van der Waals surface area (Å²) in [5, 5.41) is 6.58. The quantitative estimate of drug-likeness (QED) is 0.757. The molecule has 1 aromatic carbocycles. The van der Waals surface area contributed by atoms with Crippen molar-refractivity contribution in [2.45, 2.75) is 6.54 Å². The van der Waals surface area contributed by atoms with Gasteiger partial charge in [-0.15, -0.1) is 0 Å². The molecule has 1 aromatic heterocycles. The molecule has 0 atom stereocenters. The molecule has 15 heavy (non-hydrogen) atoms. The normalized spacial score (nSPS) is 9.87. The average Bonchev–Trinajstić information content (AvgIpc) is 2.68. The Morgan fingerprint density at radius 3 is 2.73 bits per heavy atom. The second-order valence-corrected chi connectivity index (χ2v) is 2.93. The number of nitrogens with zero attached hydrogens (tertiary/aromatic N) is 3. The zero-order valence-corrected chi connectivity index (χ0v) is 7.74. The van der Waals surface area contributed by atoms with E-state index in [1.165, 1.54) is 12.1 Å². The van der Waals surface area contributed by atoms with Gasteiger partial charge in [-0.1, -0.05) is 0 Å². The molecule has 0 saturated carbocycles. The van der Waals surface area contributed by atoms with E-state index >= 15 is 0 Å². The summed E-state index contributed by atoms with van der Waals surface area (Å²) in [6, 6.07) is 5.89. The Hall–Kier alpha value is -2.22. The highest BCUT2D eigenvalue weighted by atomic mass is 19.1. The lowest BCUT2D eigenvalue weighted by atomic mass is 10.2. The van der Waals surface area contributed by atoms with Gasteiger partial charge in [-0.3, -0.25) is 5.10 Å². The van der Waals surface area contributed by atoms with Crippen molar-refractivity contribution in [3.05, 3.63) is 47.3 Å². The highest BCUT2D eigenvalue weighted by Crippen LogP contribution is 2.14. The first-order valence-corrected chi connectivity index (χ1v) is 4.30. The zero-order valence-electron chi connectivity index (χ0n) is 7.74. The second-order valence-electron chi connectivity index (χ2n) is 2.93. The number of hydrogen-bond acceptors (Lipinski definition) is 2. The predicted octanol–water partition coefficient (Wildman–Crippen LogP) is 2.03. The van der Waals surface area contributed by atoms with Crippen LogP contribution >= 0.6 is 0 Å². The van der Waals surface area contributed by atoms with Crippen LogP contribution in [0.4, 0.5) is 4.39 Å². The SMILES string of the molecule is [C-]#[N+]Cc1nc(-c2ccc(F)cc2)n[nH]1. The number of aromatic amines is 1. The number of rotatable bonds is 2. The lowest BCUT2D eigenvalue weighted by Crippen LogP contribution is -1.82. The Balaban J connectivity index is 2.30. The molecule has 0 amide bonds. The van der Waals surface area contributed by atoms with Gasteiger partial charge in [0.2, 0.25) is 5.82 Å². The minimum absolute atomic E-state index is 0.175. The number of aromatic nitrogens is 3. The summed E-state index contributed by atoms with van der Waals surface area (Å²) in [7, 11) is 0. The summed E-state index contributed by atoms with van der Waals surface area (Å²) in [5.74, 6) is 0.702. The molecule has 5 heteroatoms. The molecule has 0 radical (unpaired) electrons. The molecule has 2 rings (SSSR count). The van der Waals surface area contributed by atoms with E-state index in [4.69, 9.17) is 6.57 Å². The maximum atomic E-state index is 12.6. The van der Waals surface area contributed by atoms with Crippen molar-refractivity contribution in [2.75, 3.05) is 0 Å². The van der Waals surface area contributed by atoms with E-state index in [1.54, 1.807) is 12.1 Å². The van der Waals surface area contributed by atoms with Crippen molar-refractivity contribution >= 4 is 0 Å². The molecular formula is C10H7FN4. The Labute approximate surface area is 85.6 Å². The van der Waals surface area contributed by atoms with E-state index in [2.05, 4.69) is 20.0 Å². The zero-order chi connectivity index (χ0) is 10.7. The molecule has 0 bridgehead atoms. The van der Waals surface area contributed by atoms with E-state index in [0.29, 0.717) is 11.6 Å². The smallest absolute Gasteiger partial charge is 0.272 e. The van der Waals surface area contributed by atoms with Gasteiger partial charge in [-0.25, -0.2) is 15.9 Å². The van der Waals surface area contributed by atoms with Crippen LogP contribution in [0.15, 0.2) is 24.3 Å². The topological polar surface area (TPSA) is 45.9 Å². The van der Waals surface area contributed by atoms with Crippen LogP contribution < -0.4 is 0 Å². The van der Waals surface area contributed by atoms with Crippen LogP contribution in [0.2, 0.25) is 0 Å². The van der Waals surface area contributed by atoms with Crippen molar-refractivity contribution in [3.63, 3.8) is 0 Å². The Bertz CT molecular complexity index is 495. The van der Waals surface area contributed by atoms with Gasteiger partial charge in [0, 0.05) is 5.56 Å². The van der Waals surface area contributed by atoms with Crippen LogP contribution in [-0.4, -0.2) is 15.2 Å². The van der Waals surface area contributed by atoms with Crippen LogP contribution in [0.5, 0.6) is 0 Å². The summed E-state index contributed by atoms with van der Waals surface area (Å²) < 4.78 is 12.6. The largest absolute Gasteiger partial charge is 0.308 e. The van der Waals surface area contributed by atoms with E-state index in [0.717, 1.165) is 5.56 Å². The molecule has 0 fully saturated rings. The molecule has 0 aliphatic rings. The van der Waals surface area contributed by atoms with Gasteiger partial charge in [0.05, 0.1) is 0 Å². The van der Waals surface area contributed by atoms with Crippen LogP contribution in [-0.2, 0) is 6.54 Å². The van der Waals surface area contributed by atoms with Crippen molar-refractivity contribution in [3.8, 4) is 11.4 Å². The van der Waals surface area contributed by atoms with E-state index in [9.17, 15) is 4.39 Å². The first-order valence-electron chi connectivity index (χ1n) is 4.30. The van der Waals surface area contributed by atoms with Crippen molar-refractivity contribution < 1.29 is 4.39 Å². The molecule has 4 nitrogen and oxygen atoms in total. The molecule has 74 valence electrons. The molecular weight excluding hydrogens is 195 g/mol. The van der Waals surface area contributed by atoms with Crippen molar-refractivity contribution in [1.82, 2.24) is 15.2 Å². The number of benzene rings is 1. The third kappa shape index (κ3) is 1.99. The fraction of sp³-hybridized carbons (Fsp3) is 0.100. The third-order valence-corrected chi connectivity index (χ3v) is 1.86. The van der Waals surface area contributed by atoms with Crippen LogP contribution in [0.3, 0.4) is 0 Å². The lowest BCUT2D eigenvalue weighted by Gasteiger charge is -1.92. The minimum Gasteiger partial charge on any atom is -0.308 e. The van der Waals surface area contributed by atoms with Gasteiger partial charge in [0.15, 0.2) is 5.82 Å². The van der Waals surface area contributed by atoms with E-state index in [1.807, 2.05) is 0 Å². The summed E-state index contributed by atoms with van der Waals surface area (Å²) in [4.78, 5) is 7.28. The Morgan fingerprint density at radius 1 is 1.33 bits per heavy atom. The third-order valence-electron chi connectivity index (χ3n) is 1.86. The summed E-state index contributed by atoms with van der Waals surface area (Å²) in [6.45, 7) is 6.84. The highest BCUT2D eigenvalue weighted by Gasteiger charge is 2.06. The number of H-pyrrole nitrogens is 1. The number of halogens is 1. The summed E-state index contributed by atoms with van der Waals surface area (Å²) in [5.41, 5.74) is 0.726. The molecule has 1 heterocycles. The second kappa shape index (κ2) is 3.88. The average molecular weight is 202 g/mol. The van der Waals surface area contributed by atoms with Gasteiger partial charge in [-0.05, 0) is 24.3 Å². The monoisotopic (exact) mass is 202 g/mol. The predicted molar refractivity (Wildman–Crippen MR) is 52.1 cm³/mol. The van der Waals surface area contributed by atoms with Crippen molar-refractivity contribution in [1.29, 1.82) is 0 Å². The molecule has 0 saturated heterocycles. The van der Waals surface area contributed by atoms with Crippen molar-refractivity contribution in [2.24, 2.45) is 0 Å². The van der Waals surface area contributed by atoms with Gasteiger partial charge in [0.1, 0.15) is 5.82 Å². The standard InChI is InChI=1S/C10H7FN4/c1-12-6-9-13-10(15-14-9)7-2-4-8(11)5-3-7/h2-5H,6H2,(H,13,14,15). The molecule has 0 unspecified atom stereocenters. The van der Waals surface area contributed by atoms with Gasteiger partial charge in [0.25, 0.3) is 6.54 Å². The molecule has 2 aromatic rings. The van der Waals surface area contributed by atoms with Crippen LogP contribution in [0, 0.1) is 12.4 Å². The molecule has 1 N–H and O–H groups in total. The van der Waals surface area contributed by atoms with E-state index in [-0.39, 0.29) is 12.4 Å². The van der Waals surface area contributed by atoms with Gasteiger partial charge < -0.3 is 4.85 Å². The fourth-order valence-corrected chi connectivity index (χ4v) is 1.17. The maximum Gasteiger partial charge on any atom is 0.272 e. The fourth-order valence-electron chi connectivity index (χ4n) is 1.17. The Morgan fingerprint density at radius 2 is 2.07 bits per heavy atom. The molecule has 0 aliphatic carbocycles. The highest BCUT2D eigenvalue weighted by molar-refractivity contribution is 5.53. The lowest BCUT2D eigenvalue weighted by molar-refractivity contribution is 0.628. The number of hydrogen-bond donors (Lipinski definition) is 1. The van der Waals surface area contributed by atoms with Crippen LogP contribution in [0.1, 0.15) is 5.82 Å². The summed E-state index contributed by atoms with van der Waals surface area (Å²) >= 11 is 0. The van der Waals surface area contributed by atoms with Crippen LogP contribution in [0.25, 0.3) is 16.2 Å². The maximum absolute atomic E-state index is 12.6. The molecule has 0 spiro atoms. The first kappa shape index (κ1) is 9.34.